The Morgan fingerprint density at radius 1 is 1.10 bits per heavy atom. The van der Waals surface area contributed by atoms with E-state index in [0.717, 1.165) is 16.8 Å². The van der Waals surface area contributed by atoms with Gasteiger partial charge in [-0.25, -0.2) is 4.79 Å². The van der Waals surface area contributed by atoms with Crippen LogP contribution >= 0.6 is 0 Å². The van der Waals surface area contributed by atoms with E-state index in [4.69, 9.17) is 14.0 Å². The Morgan fingerprint density at radius 2 is 1.87 bits per heavy atom. The molecule has 30 heavy (non-hydrogen) atoms. The number of carbonyl (C=O) groups excluding carboxylic acids is 2. The number of benzene rings is 2. The number of nitrogens with zero attached hydrogens (tertiary/aromatic N) is 1. The maximum atomic E-state index is 12.8. The second-order valence-electron chi connectivity index (χ2n) is 6.86. The summed E-state index contributed by atoms with van der Waals surface area (Å²) in [4.78, 5) is 24.9. The zero-order valence-electron chi connectivity index (χ0n) is 17.2. The lowest BCUT2D eigenvalue weighted by molar-refractivity contribution is -0.142. The van der Waals surface area contributed by atoms with Crippen LogP contribution in [0.2, 0.25) is 0 Å². The number of aromatic nitrogens is 1. The van der Waals surface area contributed by atoms with Crippen LogP contribution in [0.1, 0.15) is 32.9 Å². The van der Waals surface area contributed by atoms with Crippen molar-refractivity contribution in [3.63, 3.8) is 0 Å². The summed E-state index contributed by atoms with van der Waals surface area (Å²) in [6, 6.07) is 15.4. The number of nitrogens with one attached hydrogen (secondary N) is 1. The molecule has 1 heterocycles. The van der Waals surface area contributed by atoms with Gasteiger partial charge in [0.2, 0.25) is 0 Å². The molecular formula is C23H24N2O5. The normalized spacial score (nSPS) is 11.6. The Morgan fingerprint density at radius 3 is 2.53 bits per heavy atom. The van der Waals surface area contributed by atoms with Crippen molar-refractivity contribution >= 4 is 11.9 Å². The van der Waals surface area contributed by atoms with Crippen LogP contribution in [0.25, 0.3) is 0 Å². The summed E-state index contributed by atoms with van der Waals surface area (Å²) in [7, 11) is 1.30. The number of aryl methyl sites for hydroxylation is 2. The lowest BCUT2D eigenvalue weighted by Crippen LogP contribution is -2.43. The average molecular weight is 408 g/mol. The third kappa shape index (κ3) is 5.26. The van der Waals surface area contributed by atoms with Crippen molar-refractivity contribution in [2.24, 2.45) is 0 Å². The van der Waals surface area contributed by atoms with Gasteiger partial charge in [-0.05, 0) is 37.6 Å². The molecule has 0 fully saturated rings. The Labute approximate surface area is 175 Å². The molecule has 7 heteroatoms. The van der Waals surface area contributed by atoms with Crippen LogP contribution < -0.4 is 10.1 Å². The van der Waals surface area contributed by atoms with E-state index in [9.17, 15) is 9.59 Å². The predicted octanol–water partition coefficient (Wildman–Crippen LogP) is 3.38. The van der Waals surface area contributed by atoms with Gasteiger partial charge < -0.3 is 19.3 Å². The number of ether oxygens (including phenoxy) is 2. The lowest BCUT2D eigenvalue weighted by Gasteiger charge is -2.17. The van der Waals surface area contributed by atoms with E-state index in [-0.39, 0.29) is 12.5 Å². The molecule has 0 aliphatic heterocycles. The van der Waals surface area contributed by atoms with Crippen LogP contribution in [0.3, 0.4) is 0 Å². The Hall–Kier alpha value is -3.61. The summed E-state index contributed by atoms with van der Waals surface area (Å²) >= 11 is 0. The largest absolute Gasteiger partial charge is 0.489 e. The lowest BCUT2D eigenvalue weighted by atomic mass is 10.1. The molecule has 0 aliphatic carbocycles. The van der Waals surface area contributed by atoms with E-state index < -0.39 is 12.0 Å². The zero-order chi connectivity index (χ0) is 21.5. The highest BCUT2D eigenvalue weighted by atomic mass is 16.5. The second kappa shape index (κ2) is 9.73. The Balaban J connectivity index is 1.69. The van der Waals surface area contributed by atoms with Gasteiger partial charge in [0.05, 0.1) is 18.4 Å². The molecule has 0 spiro atoms. The molecule has 0 unspecified atom stereocenters. The molecule has 7 nitrogen and oxygen atoms in total. The highest BCUT2D eigenvalue weighted by molar-refractivity contribution is 5.97. The first kappa shape index (κ1) is 21.1. The summed E-state index contributed by atoms with van der Waals surface area (Å²) in [5.74, 6) is 0.339. The topological polar surface area (TPSA) is 90.7 Å². The van der Waals surface area contributed by atoms with Crippen LogP contribution in [0, 0.1) is 13.8 Å². The summed E-state index contributed by atoms with van der Waals surface area (Å²) in [5.41, 5.74) is 2.94. The van der Waals surface area contributed by atoms with Gasteiger partial charge in [-0.15, -0.1) is 0 Å². The quantitative estimate of drug-likeness (QED) is 0.575. The molecule has 1 amide bonds. The third-order valence-corrected chi connectivity index (χ3v) is 4.73. The maximum Gasteiger partial charge on any atom is 0.328 e. The Kier molecular flexibility index (Phi) is 6.85. The van der Waals surface area contributed by atoms with Gasteiger partial charge in [-0.2, -0.15) is 0 Å². The molecule has 1 atom stereocenters. The monoisotopic (exact) mass is 408 g/mol. The molecule has 0 bridgehead atoms. The van der Waals surface area contributed by atoms with Crippen LogP contribution in [-0.2, 0) is 22.6 Å². The van der Waals surface area contributed by atoms with Gasteiger partial charge in [0, 0.05) is 12.0 Å². The minimum absolute atomic E-state index is 0.283. The van der Waals surface area contributed by atoms with E-state index in [1.165, 1.54) is 7.11 Å². The van der Waals surface area contributed by atoms with Crippen molar-refractivity contribution in [1.29, 1.82) is 0 Å². The minimum atomic E-state index is -0.795. The van der Waals surface area contributed by atoms with Crippen LogP contribution in [-0.4, -0.2) is 30.2 Å². The summed E-state index contributed by atoms with van der Waals surface area (Å²) in [5, 5.41) is 6.66. The molecular weight excluding hydrogens is 384 g/mol. The van der Waals surface area contributed by atoms with Crippen molar-refractivity contribution in [2.45, 2.75) is 32.9 Å². The first-order chi connectivity index (χ1) is 14.5. The Bertz CT molecular complexity index is 994. The SMILES string of the molecule is COC(=O)[C@H](Cc1ccccc1)NC(=O)c1cccc(OCc2c(C)noc2C)c1. The molecule has 0 radical (unpaired) electrons. The first-order valence-electron chi connectivity index (χ1n) is 9.55. The number of carbonyl (C=O) groups is 2. The van der Waals surface area contributed by atoms with Gasteiger partial charge >= 0.3 is 5.97 Å². The van der Waals surface area contributed by atoms with Crippen LogP contribution in [0.4, 0.5) is 0 Å². The molecule has 3 aromatic rings. The molecule has 1 N–H and O–H groups in total. The molecule has 156 valence electrons. The van der Waals surface area contributed by atoms with Crippen molar-refractivity contribution in [1.82, 2.24) is 10.5 Å². The molecule has 2 aromatic carbocycles. The fourth-order valence-corrected chi connectivity index (χ4v) is 3.02. The van der Waals surface area contributed by atoms with E-state index in [1.54, 1.807) is 24.3 Å². The smallest absolute Gasteiger partial charge is 0.328 e. The number of methoxy groups -OCH3 is 1. The summed E-state index contributed by atoms with van der Waals surface area (Å²) in [6.45, 7) is 3.95. The van der Waals surface area contributed by atoms with E-state index in [2.05, 4.69) is 10.5 Å². The second-order valence-corrected chi connectivity index (χ2v) is 6.86. The van der Waals surface area contributed by atoms with Crippen LogP contribution in [0.5, 0.6) is 5.75 Å². The van der Waals surface area contributed by atoms with E-state index >= 15 is 0 Å². The van der Waals surface area contributed by atoms with Gasteiger partial charge in [0.15, 0.2) is 0 Å². The molecule has 0 saturated carbocycles. The maximum absolute atomic E-state index is 12.8. The van der Waals surface area contributed by atoms with Crippen molar-refractivity contribution < 1.29 is 23.6 Å². The number of hydrogen-bond acceptors (Lipinski definition) is 6. The summed E-state index contributed by atoms with van der Waals surface area (Å²) in [6.07, 6.45) is 0.335. The number of amides is 1. The van der Waals surface area contributed by atoms with Gasteiger partial charge in [0.25, 0.3) is 5.91 Å². The van der Waals surface area contributed by atoms with Crippen molar-refractivity contribution in [2.75, 3.05) is 7.11 Å². The zero-order valence-corrected chi connectivity index (χ0v) is 17.2. The number of esters is 1. The van der Waals surface area contributed by atoms with Gasteiger partial charge in [-0.1, -0.05) is 41.6 Å². The third-order valence-electron chi connectivity index (χ3n) is 4.73. The van der Waals surface area contributed by atoms with Gasteiger partial charge in [-0.3, -0.25) is 4.79 Å². The number of hydrogen-bond donors (Lipinski definition) is 1. The van der Waals surface area contributed by atoms with Gasteiger partial charge in [0.1, 0.15) is 24.2 Å². The molecule has 1 aromatic heterocycles. The fraction of sp³-hybridized carbons (Fsp3) is 0.261. The molecule has 0 aliphatic rings. The predicted molar refractivity (Wildman–Crippen MR) is 110 cm³/mol. The van der Waals surface area contributed by atoms with E-state index in [1.807, 2.05) is 44.2 Å². The minimum Gasteiger partial charge on any atom is -0.489 e. The van der Waals surface area contributed by atoms with Crippen molar-refractivity contribution in [3.05, 3.63) is 82.7 Å². The average Bonchev–Trinajstić information content (AvgIpc) is 3.09. The molecule has 3 rings (SSSR count). The van der Waals surface area contributed by atoms with E-state index in [0.29, 0.717) is 23.5 Å². The fourth-order valence-electron chi connectivity index (χ4n) is 3.02. The molecule has 0 saturated heterocycles. The van der Waals surface area contributed by atoms with Crippen molar-refractivity contribution in [3.8, 4) is 5.75 Å². The highest BCUT2D eigenvalue weighted by Crippen LogP contribution is 2.19. The first-order valence-corrected chi connectivity index (χ1v) is 9.55. The summed E-state index contributed by atoms with van der Waals surface area (Å²) < 4.78 is 15.8. The standard InChI is InChI=1S/C23H24N2O5/c1-15-20(16(2)30-25-15)14-29-19-11-7-10-18(13-19)22(26)24-21(23(27)28-3)12-17-8-5-4-6-9-17/h4-11,13,21H,12,14H2,1-3H3,(H,24,26)/t21-/m0/s1. The number of rotatable bonds is 8. The highest BCUT2D eigenvalue weighted by Gasteiger charge is 2.23. The van der Waals surface area contributed by atoms with Crippen LogP contribution in [0.15, 0.2) is 59.1 Å².